The van der Waals surface area contributed by atoms with E-state index in [4.69, 9.17) is 5.73 Å². The van der Waals surface area contributed by atoms with Gasteiger partial charge in [0.2, 0.25) is 0 Å². The molecule has 1 aromatic carbocycles. The summed E-state index contributed by atoms with van der Waals surface area (Å²) in [5.74, 6) is -0.252. The molecule has 1 aliphatic carbocycles. The van der Waals surface area contributed by atoms with Crippen molar-refractivity contribution in [2.45, 2.75) is 50.6 Å². The topological polar surface area (TPSA) is 43.8 Å². The third-order valence-corrected chi connectivity index (χ3v) is 4.40. The summed E-state index contributed by atoms with van der Waals surface area (Å²) in [5, 5.41) is 4.65. The molecule has 3 nitrogen and oxygen atoms in total. The van der Waals surface area contributed by atoms with Crippen molar-refractivity contribution in [3.05, 3.63) is 53.6 Å². The van der Waals surface area contributed by atoms with E-state index in [0.717, 1.165) is 5.69 Å². The summed E-state index contributed by atoms with van der Waals surface area (Å²) in [6, 6.07) is 9.24. The van der Waals surface area contributed by atoms with E-state index in [-0.39, 0.29) is 5.82 Å². The molecule has 0 spiro atoms. The second-order valence-electron chi connectivity index (χ2n) is 6.30. The highest BCUT2D eigenvalue weighted by Gasteiger charge is 2.26. The average Bonchev–Trinajstić information content (AvgIpc) is 3.09. The fourth-order valence-corrected chi connectivity index (χ4v) is 3.24. The number of hydrogen-bond acceptors (Lipinski definition) is 2. The van der Waals surface area contributed by atoms with Gasteiger partial charge in [-0.3, -0.25) is 4.68 Å². The van der Waals surface area contributed by atoms with E-state index in [0.29, 0.717) is 18.0 Å². The summed E-state index contributed by atoms with van der Waals surface area (Å²) < 4.78 is 16.0. The standard InChI is InChI=1S/C17H22FN3/c1-17(19,15-8-4-5-9-16(15)18)12-13-10-11-21(20-13)14-6-2-3-7-14/h4-5,8-11,14H,2-3,6-7,12,19H2,1H3. The molecule has 1 aliphatic rings. The van der Waals surface area contributed by atoms with Crippen molar-refractivity contribution in [2.75, 3.05) is 0 Å². The van der Waals surface area contributed by atoms with Crippen LogP contribution in [0.2, 0.25) is 0 Å². The number of rotatable bonds is 4. The van der Waals surface area contributed by atoms with Gasteiger partial charge in [-0.15, -0.1) is 0 Å². The highest BCUT2D eigenvalue weighted by Crippen LogP contribution is 2.30. The first-order valence-electron chi connectivity index (χ1n) is 7.64. The molecular formula is C17H22FN3. The minimum atomic E-state index is -0.750. The quantitative estimate of drug-likeness (QED) is 0.934. The first-order valence-corrected chi connectivity index (χ1v) is 7.64. The van der Waals surface area contributed by atoms with Gasteiger partial charge in [-0.1, -0.05) is 31.0 Å². The molecule has 3 rings (SSSR count). The molecule has 0 aliphatic heterocycles. The lowest BCUT2D eigenvalue weighted by atomic mass is 9.88. The van der Waals surface area contributed by atoms with Crippen LogP contribution >= 0.6 is 0 Å². The first-order chi connectivity index (χ1) is 10.1. The SMILES string of the molecule is CC(N)(Cc1ccn(C2CCCC2)n1)c1ccccc1F. The fraction of sp³-hybridized carbons (Fsp3) is 0.471. The molecule has 2 aromatic rings. The number of nitrogens with zero attached hydrogens (tertiary/aromatic N) is 2. The van der Waals surface area contributed by atoms with Crippen molar-refractivity contribution in [3.63, 3.8) is 0 Å². The van der Waals surface area contributed by atoms with Crippen molar-refractivity contribution >= 4 is 0 Å². The Morgan fingerprint density at radius 2 is 2.00 bits per heavy atom. The van der Waals surface area contributed by atoms with Crippen LogP contribution in [0.25, 0.3) is 0 Å². The fourth-order valence-electron chi connectivity index (χ4n) is 3.24. The van der Waals surface area contributed by atoms with Gasteiger partial charge in [0.1, 0.15) is 5.82 Å². The number of hydrogen-bond donors (Lipinski definition) is 1. The Labute approximate surface area is 125 Å². The zero-order valence-corrected chi connectivity index (χ0v) is 12.4. The predicted octanol–water partition coefficient (Wildman–Crippen LogP) is 3.55. The Hall–Kier alpha value is -1.68. The maximum atomic E-state index is 13.9. The van der Waals surface area contributed by atoms with Crippen LogP contribution in [0, 0.1) is 5.82 Å². The maximum absolute atomic E-state index is 13.9. The Morgan fingerprint density at radius 1 is 1.29 bits per heavy atom. The molecule has 4 heteroatoms. The van der Waals surface area contributed by atoms with Crippen molar-refractivity contribution < 1.29 is 4.39 Å². The third kappa shape index (κ3) is 3.00. The van der Waals surface area contributed by atoms with Gasteiger partial charge < -0.3 is 5.73 Å². The average molecular weight is 287 g/mol. The monoisotopic (exact) mass is 287 g/mol. The molecule has 21 heavy (non-hydrogen) atoms. The van der Waals surface area contributed by atoms with Crippen LogP contribution in [-0.4, -0.2) is 9.78 Å². The van der Waals surface area contributed by atoms with E-state index in [1.807, 2.05) is 25.3 Å². The van der Waals surface area contributed by atoms with Gasteiger partial charge in [0, 0.05) is 23.7 Å². The minimum absolute atomic E-state index is 0.252. The number of benzene rings is 1. The van der Waals surface area contributed by atoms with Crippen LogP contribution in [0.5, 0.6) is 0 Å². The van der Waals surface area contributed by atoms with Gasteiger partial charge in [-0.05, 0) is 31.9 Å². The van der Waals surface area contributed by atoms with Crippen LogP contribution in [0.1, 0.15) is 49.9 Å². The first kappa shape index (κ1) is 14.3. The van der Waals surface area contributed by atoms with E-state index in [1.54, 1.807) is 12.1 Å². The van der Waals surface area contributed by atoms with Crippen molar-refractivity contribution in [1.29, 1.82) is 0 Å². The van der Waals surface area contributed by atoms with Gasteiger partial charge in [-0.25, -0.2) is 4.39 Å². The molecule has 0 radical (unpaired) electrons. The number of aromatic nitrogens is 2. The Morgan fingerprint density at radius 3 is 2.71 bits per heavy atom. The summed E-state index contributed by atoms with van der Waals surface area (Å²) in [6.07, 6.45) is 7.53. The molecule has 0 amide bonds. The smallest absolute Gasteiger partial charge is 0.128 e. The summed E-state index contributed by atoms with van der Waals surface area (Å²) >= 11 is 0. The normalized spacial score (nSPS) is 18.8. The lowest BCUT2D eigenvalue weighted by molar-refractivity contribution is 0.433. The molecule has 1 aromatic heterocycles. The Bertz CT molecular complexity index is 612. The minimum Gasteiger partial charge on any atom is -0.321 e. The molecule has 1 unspecified atom stereocenters. The van der Waals surface area contributed by atoms with E-state index in [9.17, 15) is 4.39 Å². The van der Waals surface area contributed by atoms with Gasteiger partial charge in [0.05, 0.1) is 11.7 Å². The highest BCUT2D eigenvalue weighted by molar-refractivity contribution is 5.27. The number of halogens is 1. The summed E-state index contributed by atoms with van der Waals surface area (Å²) in [4.78, 5) is 0. The van der Waals surface area contributed by atoms with Crippen LogP contribution in [0.15, 0.2) is 36.5 Å². The second-order valence-corrected chi connectivity index (χ2v) is 6.30. The molecule has 1 atom stereocenters. The van der Waals surface area contributed by atoms with Gasteiger partial charge in [-0.2, -0.15) is 5.10 Å². The molecular weight excluding hydrogens is 265 g/mol. The van der Waals surface area contributed by atoms with Crippen LogP contribution < -0.4 is 5.73 Å². The predicted molar refractivity (Wildman–Crippen MR) is 81.4 cm³/mol. The van der Waals surface area contributed by atoms with E-state index in [1.165, 1.54) is 31.7 Å². The van der Waals surface area contributed by atoms with E-state index in [2.05, 4.69) is 9.78 Å². The van der Waals surface area contributed by atoms with Crippen molar-refractivity contribution in [1.82, 2.24) is 9.78 Å². The zero-order valence-electron chi connectivity index (χ0n) is 12.4. The van der Waals surface area contributed by atoms with E-state index < -0.39 is 5.54 Å². The Kier molecular flexibility index (Phi) is 3.81. The summed E-state index contributed by atoms with van der Waals surface area (Å²) in [5.41, 5.74) is 7.06. The molecule has 112 valence electrons. The molecule has 0 saturated heterocycles. The largest absolute Gasteiger partial charge is 0.321 e. The summed E-state index contributed by atoms with van der Waals surface area (Å²) in [7, 11) is 0. The maximum Gasteiger partial charge on any atom is 0.128 e. The lowest BCUT2D eigenvalue weighted by Gasteiger charge is -2.24. The van der Waals surface area contributed by atoms with Gasteiger partial charge >= 0.3 is 0 Å². The van der Waals surface area contributed by atoms with Crippen LogP contribution in [0.3, 0.4) is 0 Å². The third-order valence-electron chi connectivity index (χ3n) is 4.40. The Balaban J connectivity index is 1.78. The molecule has 0 bridgehead atoms. The lowest BCUT2D eigenvalue weighted by Crippen LogP contribution is -2.36. The second kappa shape index (κ2) is 5.60. The molecule has 2 N–H and O–H groups in total. The van der Waals surface area contributed by atoms with Crippen LogP contribution in [-0.2, 0) is 12.0 Å². The van der Waals surface area contributed by atoms with Gasteiger partial charge in [0.25, 0.3) is 0 Å². The highest BCUT2D eigenvalue weighted by atomic mass is 19.1. The van der Waals surface area contributed by atoms with Gasteiger partial charge in [0.15, 0.2) is 0 Å². The number of nitrogens with two attached hydrogens (primary N) is 1. The van der Waals surface area contributed by atoms with Crippen LogP contribution in [0.4, 0.5) is 4.39 Å². The summed E-state index contributed by atoms with van der Waals surface area (Å²) in [6.45, 7) is 1.86. The van der Waals surface area contributed by atoms with Crippen molar-refractivity contribution in [3.8, 4) is 0 Å². The molecule has 1 fully saturated rings. The molecule has 1 saturated carbocycles. The van der Waals surface area contributed by atoms with E-state index >= 15 is 0 Å². The zero-order chi connectivity index (χ0) is 14.9. The molecule has 1 heterocycles. The van der Waals surface area contributed by atoms with Crippen molar-refractivity contribution in [2.24, 2.45) is 5.73 Å².